The van der Waals surface area contributed by atoms with Gasteiger partial charge in [-0.2, -0.15) is 0 Å². The summed E-state index contributed by atoms with van der Waals surface area (Å²) in [6.07, 6.45) is 42.4. The van der Waals surface area contributed by atoms with E-state index in [1.54, 1.807) is 0 Å². The summed E-state index contributed by atoms with van der Waals surface area (Å²) in [4.78, 5) is 37.6. The topological polar surface area (TPSA) is 78.9 Å². The molecule has 0 unspecified atom stereocenters. The van der Waals surface area contributed by atoms with E-state index < -0.39 is 6.10 Å². The standard InChI is InChI=1S/C48H92O6/c1-5-7-9-11-13-14-15-17-21-24-28-31-35-39-46(49)52-42-45(54-48(51)41-37-33-26-12-10-8-6-2)43-53-47(50)40-36-32-29-25-22-19-16-18-20-23-27-30-34-38-44(3)4/h44-45H,5-43H2,1-4H3/t45-/m0/s1. The fourth-order valence-electron chi connectivity index (χ4n) is 7.16. The van der Waals surface area contributed by atoms with Gasteiger partial charge in [-0.05, 0) is 25.2 Å². The summed E-state index contributed by atoms with van der Waals surface area (Å²) in [5.41, 5.74) is 0. The van der Waals surface area contributed by atoms with E-state index in [4.69, 9.17) is 14.2 Å². The van der Waals surface area contributed by atoms with E-state index >= 15 is 0 Å². The average molecular weight is 765 g/mol. The molecule has 0 aliphatic carbocycles. The third-order valence-corrected chi connectivity index (χ3v) is 10.8. The fraction of sp³-hybridized carbons (Fsp3) is 0.938. The molecule has 0 aliphatic rings. The first-order valence-electron chi connectivity index (χ1n) is 23.9. The normalized spacial score (nSPS) is 11.9. The number of carbonyl (C=O) groups excluding carboxylic acids is 3. The van der Waals surface area contributed by atoms with Crippen LogP contribution in [-0.2, 0) is 28.6 Å². The van der Waals surface area contributed by atoms with Crippen LogP contribution in [0.15, 0.2) is 0 Å². The quantitative estimate of drug-likeness (QED) is 0.0349. The van der Waals surface area contributed by atoms with Crippen LogP contribution in [0.3, 0.4) is 0 Å². The molecule has 1 atom stereocenters. The summed E-state index contributed by atoms with van der Waals surface area (Å²) < 4.78 is 16.7. The lowest BCUT2D eigenvalue weighted by Crippen LogP contribution is -2.30. The van der Waals surface area contributed by atoms with E-state index in [-0.39, 0.29) is 31.1 Å². The largest absolute Gasteiger partial charge is 0.462 e. The van der Waals surface area contributed by atoms with Gasteiger partial charge in [-0.15, -0.1) is 0 Å². The van der Waals surface area contributed by atoms with Gasteiger partial charge >= 0.3 is 17.9 Å². The van der Waals surface area contributed by atoms with Crippen molar-refractivity contribution in [1.82, 2.24) is 0 Å². The second kappa shape index (κ2) is 42.6. The first kappa shape index (κ1) is 52.4. The van der Waals surface area contributed by atoms with Crippen molar-refractivity contribution in [3.63, 3.8) is 0 Å². The Hall–Kier alpha value is -1.59. The van der Waals surface area contributed by atoms with E-state index in [2.05, 4.69) is 27.7 Å². The van der Waals surface area contributed by atoms with E-state index in [9.17, 15) is 14.4 Å². The molecule has 0 aromatic rings. The Bertz CT molecular complexity index is 811. The summed E-state index contributed by atoms with van der Waals surface area (Å²) >= 11 is 0. The number of carbonyl (C=O) groups is 3. The second-order valence-electron chi connectivity index (χ2n) is 16.9. The second-order valence-corrected chi connectivity index (χ2v) is 16.9. The van der Waals surface area contributed by atoms with Gasteiger partial charge in [0.2, 0.25) is 0 Å². The summed E-state index contributed by atoms with van der Waals surface area (Å²) in [7, 11) is 0. The molecule has 0 aromatic carbocycles. The number of hydrogen-bond donors (Lipinski definition) is 0. The molecule has 0 fully saturated rings. The van der Waals surface area contributed by atoms with Crippen molar-refractivity contribution in [2.24, 2.45) is 5.92 Å². The molecule has 0 saturated carbocycles. The monoisotopic (exact) mass is 765 g/mol. The van der Waals surface area contributed by atoms with Crippen LogP contribution >= 0.6 is 0 Å². The van der Waals surface area contributed by atoms with Crippen LogP contribution in [0.25, 0.3) is 0 Å². The van der Waals surface area contributed by atoms with Gasteiger partial charge in [-0.1, -0.05) is 227 Å². The zero-order chi connectivity index (χ0) is 39.6. The van der Waals surface area contributed by atoms with Crippen molar-refractivity contribution in [3.05, 3.63) is 0 Å². The highest BCUT2D eigenvalue weighted by Crippen LogP contribution is 2.16. The number of ether oxygens (including phenoxy) is 3. The Morgan fingerprint density at radius 2 is 0.611 bits per heavy atom. The molecule has 0 aromatic heterocycles. The fourth-order valence-corrected chi connectivity index (χ4v) is 7.16. The van der Waals surface area contributed by atoms with Crippen molar-refractivity contribution in [1.29, 1.82) is 0 Å². The maximum Gasteiger partial charge on any atom is 0.306 e. The summed E-state index contributed by atoms with van der Waals surface area (Å²) in [5.74, 6) is -0.0171. The Kier molecular flexibility index (Phi) is 41.3. The van der Waals surface area contributed by atoms with Gasteiger partial charge in [0, 0.05) is 19.3 Å². The van der Waals surface area contributed by atoms with Crippen LogP contribution in [0.5, 0.6) is 0 Å². The maximum atomic E-state index is 12.6. The number of unbranched alkanes of at least 4 members (excludes halogenated alkanes) is 30. The van der Waals surface area contributed by atoms with Crippen LogP contribution in [0.4, 0.5) is 0 Å². The van der Waals surface area contributed by atoms with Crippen LogP contribution in [0.2, 0.25) is 0 Å². The zero-order valence-corrected chi connectivity index (χ0v) is 36.7. The van der Waals surface area contributed by atoms with E-state index in [1.165, 1.54) is 161 Å². The van der Waals surface area contributed by atoms with Gasteiger partial charge in [0.25, 0.3) is 0 Å². The third kappa shape index (κ3) is 41.6. The van der Waals surface area contributed by atoms with Gasteiger partial charge in [0.05, 0.1) is 0 Å². The molecule has 0 heterocycles. The first-order chi connectivity index (χ1) is 26.4. The highest BCUT2D eigenvalue weighted by atomic mass is 16.6. The Morgan fingerprint density at radius 1 is 0.352 bits per heavy atom. The first-order valence-corrected chi connectivity index (χ1v) is 23.9. The Labute approximate surface area is 336 Å². The van der Waals surface area contributed by atoms with Gasteiger partial charge < -0.3 is 14.2 Å². The number of esters is 3. The molecule has 6 nitrogen and oxygen atoms in total. The molecule has 0 aliphatic heterocycles. The van der Waals surface area contributed by atoms with Crippen molar-refractivity contribution in [2.75, 3.05) is 13.2 Å². The van der Waals surface area contributed by atoms with Crippen LogP contribution in [-0.4, -0.2) is 37.2 Å². The van der Waals surface area contributed by atoms with Crippen LogP contribution in [0, 0.1) is 5.92 Å². The van der Waals surface area contributed by atoms with Gasteiger partial charge in [0.1, 0.15) is 13.2 Å². The molecule has 0 bridgehead atoms. The lowest BCUT2D eigenvalue weighted by atomic mass is 10.0. The van der Waals surface area contributed by atoms with Gasteiger partial charge in [-0.25, -0.2) is 0 Å². The number of rotatable bonds is 43. The Balaban J connectivity index is 4.19. The molecule has 54 heavy (non-hydrogen) atoms. The molecule has 6 heteroatoms. The Morgan fingerprint density at radius 3 is 0.907 bits per heavy atom. The predicted molar refractivity (Wildman–Crippen MR) is 229 cm³/mol. The molecule has 0 amide bonds. The van der Waals surface area contributed by atoms with Crippen molar-refractivity contribution in [2.45, 2.75) is 271 Å². The predicted octanol–water partition coefficient (Wildman–Crippen LogP) is 15.1. The molecule has 0 radical (unpaired) electrons. The minimum absolute atomic E-state index is 0.0639. The van der Waals surface area contributed by atoms with Crippen molar-refractivity contribution in [3.8, 4) is 0 Å². The smallest absolute Gasteiger partial charge is 0.306 e. The highest BCUT2D eigenvalue weighted by Gasteiger charge is 2.19. The molecule has 0 rings (SSSR count). The summed E-state index contributed by atoms with van der Waals surface area (Å²) in [5, 5.41) is 0. The third-order valence-electron chi connectivity index (χ3n) is 10.8. The molecule has 320 valence electrons. The zero-order valence-electron chi connectivity index (χ0n) is 36.7. The van der Waals surface area contributed by atoms with E-state index in [1.807, 2.05) is 0 Å². The average Bonchev–Trinajstić information content (AvgIpc) is 3.15. The van der Waals surface area contributed by atoms with Crippen molar-refractivity contribution < 1.29 is 28.6 Å². The van der Waals surface area contributed by atoms with Gasteiger partial charge in [-0.3, -0.25) is 14.4 Å². The van der Waals surface area contributed by atoms with Crippen LogP contribution < -0.4 is 0 Å². The molecular weight excluding hydrogens is 673 g/mol. The molecule has 0 N–H and O–H groups in total. The summed E-state index contributed by atoms with van der Waals surface area (Å²) in [6.45, 7) is 8.97. The lowest BCUT2D eigenvalue weighted by Gasteiger charge is -2.18. The maximum absolute atomic E-state index is 12.6. The molecule has 0 saturated heterocycles. The van der Waals surface area contributed by atoms with E-state index in [0.717, 1.165) is 63.7 Å². The minimum Gasteiger partial charge on any atom is -0.462 e. The highest BCUT2D eigenvalue weighted by molar-refractivity contribution is 5.71. The summed E-state index contributed by atoms with van der Waals surface area (Å²) in [6, 6.07) is 0. The van der Waals surface area contributed by atoms with Gasteiger partial charge in [0.15, 0.2) is 6.10 Å². The van der Waals surface area contributed by atoms with Crippen molar-refractivity contribution >= 4 is 17.9 Å². The lowest BCUT2D eigenvalue weighted by molar-refractivity contribution is -0.167. The number of hydrogen-bond acceptors (Lipinski definition) is 6. The van der Waals surface area contributed by atoms with E-state index in [0.29, 0.717) is 19.3 Å². The minimum atomic E-state index is -0.758. The van der Waals surface area contributed by atoms with Crippen LogP contribution in [0.1, 0.15) is 265 Å². The molecular formula is C48H92O6. The molecule has 0 spiro atoms. The SMILES string of the molecule is CCCCCCCCCCCCCCCC(=O)OC[C@@H](COC(=O)CCCCCCCCCCCCCCCC(C)C)OC(=O)CCCCCCCCC.